The molecule has 0 aliphatic heterocycles. The van der Waals surface area contributed by atoms with Crippen molar-refractivity contribution >= 4 is 23.4 Å². The van der Waals surface area contributed by atoms with Gasteiger partial charge in [-0.05, 0) is 18.7 Å². The van der Waals surface area contributed by atoms with Crippen LogP contribution in [0.25, 0.3) is 0 Å². The van der Waals surface area contributed by atoms with Gasteiger partial charge >= 0.3 is 0 Å². The van der Waals surface area contributed by atoms with Crippen LogP contribution in [0.5, 0.6) is 0 Å². The smallest absolute Gasteiger partial charge is 0.0675 e. The highest BCUT2D eigenvalue weighted by Gasteiger charge is 2.05. The molecule has 0 saturated heterocycles. The van der Waals surface area contributed by atoms with Crippen LogP contribution in [0.4, 0.5) is 0 Å². The van der Waals surface area contributed by atoms with Gasteiger partial charge in [0.1, 0.15) is 0 Å². The summed E-state index contributed by atoms with van der Waals surface area (Å²) in [6.07, 6.45) is 2.07. The van der Waals surface area contributed by atoms with E-state index in [2.05, 4.69) is 37.4 Å². The molecule has 2 heteroatoms. The fourth-order valence-electron chi connectivity index (χ4n) is 1.02. The van der Waals surface area contributed by atoms with Crippen molar-refractivity contribution in [1.82, 2.24) is 0 Å². The molecule has 0 fully saturated rings. The molecule has 0 aliphatic carbocycles. The predicted octanol–water partition coefficient (Wildman–Crippen LogP) is 3.64. The van der Waals surface area contributed by atoms with Crippen molar-refractivity contribution in [2.45, 2.75) is 12.3 Å². The van der Waals surface area contributed by atoms with Gasteiger partial charge in [-0.15, -0.1) is 11.6 Å². The molecule has 1 rings (SSSR count). The molecule has 1 atom stereocenters. The number of halogens is 1. The molecule has 0 amide bonds. The highest BCUT2D eigenvalue weighted by atomic mass is 35.5. The second-order valence-electron chi connectivity index (χ2n) is 2.83. The Labute approximate surface area is 83.3 Å². The third-order valence-corrected chi connectivity index (χ3v) is 3.01. The van der Waals surface area contributed by atoms with E-state index in [0.29, 0.717) is 0 Å². The summed E-state index contributed by atoms with van der Waals surface area (Å²) in [4.78, 5) is 0. The molecule has 0 nitrogen and oxygen atoms in total. The van der Waals surface area contributed by atoms with Gasteiger partial charge in [0.15, 0.2) is 0 Å². The van der Waals surface area contributed by atoms with Crippen molar-refractivity contribution in [3.8, 4) is 0 Å². The molecule has 0 heterocycles. The second kappa shape index (κ2) is 4.78. The Bertz CT molecular complexity index is 230. The lowest BCUT2D eigenvalue weighted by Crippen LogP contribution is -1.92. The number of hydrogen-bond donors (Lipinski definition) is 0. The third kappa shape index (κ3) is 2.72. The number of alkyl halides is 1. The first-order valence-corrected chi connectivity index (χ1v) is 5.76. The second-order valence-corrected chi connectivity index (χ2v) is 4.27. The summed E-state index contributed by atoms with van der Waals surface area (Å²) in [5.74, 6) is 0.977. The van der Waals surface area contributed by atoms with Gasteiger partial charge in [-0.3, -0.25) is 0 Å². The van der Waals surface area contributed by atoms with E-state index in [1.54, 1.807) is 11.8 Å². The van der Waals surface area contributed by atoms with Gasteiger partial charge in [-0.1, -0.05) is 29.8 Å². The molecule has 0 aromatic heterocycles. The minimum atomic E-state index is 0.153. The zero-order chi connectivity index (χ0) is 8.97. The number of aryl methyl sites for hydroxylation is 1. The van der Waals surface area contributed by atoms with Crippen molar-refractivity contribution in [3.63, 3.8) is 0 Å². The van der Waals surface area contributed by atoms with Crippen molar-refractivity contribution in [2.75, 3.05) is 12.0 Å². The highest BCUT2D eigenvalue weighted by molar-refractivity contribution is 7.98. The quantitative estimate of drug-likeness (QED) is 0.672. The van der Waals surface area contributed by atoms with Gasteiger partial charge in [-0.2, -0.15) is 11.8 Å². The van der Waals surface area contributed by atoms with Crippen LogP contribution in [0, 0.1) is 6.92 Å². The fourth-order valence-corrected chi connectivity index (χ4v) is 2.03. The maximum absolute atomic E-state index is 6.14. The maximum Gasteiger partial charge on any atom is 0.0675 e. The summed E-state index contributed by atoms with van der Waals surface area (Å²) in [6, 6.07) is 8.41. The Morgan fingerprint density at radius 3 is 2.42 bits per heavy atom. The van der Waals surface area contributed by atoms with E-state index in [0.717, 1.165) is 5.75 Å². The molecule has 0 bridgehead atoms. The Balaban J connectivity index is 2.68. The van der Waals surface area contributed by atoms with E-state index in [9.17, 15) is 0 Å². The van der Waals surface area contributed by atoms with E-state index >= 15 is 0 Å². The van der Waals surface area contributed by atoms with E-state index in [4.69, 9.17) is 11.6 Å². The molecule has 66 valence electrons. The van der Waals surface area contributed by atoms with Crippen LogP contribution in [0.15, 0.2) is 24.3 Å². The first-order valence-electron chi connectivity index (χ1n) is 3.93. The molecule has 1 aromatic rings. The molecule has 12 heavy (non-hydrogen) atoms. The van der Waals surface area contributed by atoms with Crippen LogP contribution in [-0.4, -0.2) is 12.0 Å². The van der Waals surface area contributed by atoms with Crippen molar-refractivity contribution < 1.29 is 0 Å². The largest absolute Gasteiger partial charge is 0.164 e. The summed E-state index contributed by atoms with van der Waals surface area (Å²) in [5, 5.41) is 0.153. The van der Waals surface area contributed by atoms with E-state index in [-0.39, 0.29) is 5.38 Å². The molecule has 0 spiro atoms. The number of rotatable bonds is 3. The normalized spacial score (nSPS) is 12.9. The van der Waals surface area contributed by atoms with Gasteiger partial charge in [0.2, 0.25) is 0 Å². The first-order chi connectivity index (χ1) is 5.74. The zero-order valence-electron chi connectivity index (χ0n) is 7.38. The lowest BCUT2D eigenvalue weighted by Gasteiger charge is -2.07. The van der Waals surface area contributed by atoms with Crippen molar-refractivity contribution in [3.05, 3.63) is 35.4 Å². The number of thioether (sulfide) groups is 1. The lowest BCUT2D eigenvalue weighted by atomic mass is 10.1. The summed E-state index contributed by atoms with van der Waals surface area (Å²) in [6.45, 7) is 2.08. The van der Waals surface area contributed by atoms with Gasteiger partial charge in [-0.25, -0.2) is 0 Å². The standard InChI is InChI=1S/C10H13ClS/c1-8-3-5-9(6-4-8)10(11)7-12-2/h3-6,10H,7H2,1-2H3. The molecule has 0 N–H and O–H groups in total. The van der Waals surface area contributed by atoms with Crippen molar-refractivity contribution in [1.29, 1.82) is 0 Å². The van der Waals surface area contributed by atoms with Crippen molar-refractivity contribution in [2.24, 2.45) is 0 Å². The van der Waals surface area contributed by atoms with Gasteiger partial charge < -0.3 is 0 Å². The van der Waals surface area contributed by atoms with Crippen LogP contribution >= 0.6 is 23.4 Å². The van der Waals surface area contributed by atoms with E-state index in [1.165, 1.54) is 11.1 Å². The number of benzene rings is 1. The lowest BCUT2D eigenvalue weighted by molar-refractivity contribution is 1.10. The Hall–Kier alpha value is -0.140. The fraction of sp³-hybridized carbons (Fsp3) is 0.400. The SMILES string of the molecule is CSCC(Cl)c1ccc(C)cc1. The van der Waals surface area contributed by atoms with Gasteiger partial charge in [0, 0.05) is 5.75 Å². The topological polar surface area (TPSA) is 0 Å². The highest BCUT2D eigenvalue weighted by Crippen LogP contribution is 2.23. The Morgan fingerprint density at radius 2 is 1.92 bits per heavy atom. The van der Waals surface area contributed by atoms with Crippen LogP contribution in [0.2, 0.25) is 0 Å². The monoisotopic (exact) mass is 200 g/mol. The molecule has 1 unspecified atom stereocenters. The average Bonchev–Trinajstić information content (AvgIpc) is 2.06. The zero-order valence-corrected chi connectivity index (χ0v) is 8.95. The summed E-state index contributed by atoms with van der Waals surface area (Å²) in [5.41, 5.74) is 2.50. The summed E-state index contributed by atoms with van der Waals surface area (Å²) >= 11 is 7.91. The predicted molar refractivity (Wildman–Crippen MR) is 58.2 cm³/mol. The summed E-state index contributed by atoms with van der Waals surface area (Å²) in [7, 11) is 0. The van der Waals surface area contributed by atoms with Gasteiger partial charge in [0.25, 0.3) is 0 Å². The Kier molecular flexibility index (Phi) is 3.96. The summed E-state index contributed by atoms with van der Waals surface area (Å²) < 4.78 is 0. The van der Waals surface area contributed by atoms with Crippen LogP contribution in [0.3, 0.4) is 0 Å². The minimum absolute atomic E-state index is 0.153. The number of hydrogen-bond acceptors (Lipinski definition) is 1. The first kappa shape index (κ1) is 9.94. The molecule has 0 radical (unpaired) electrons. The maximum atomic E-state index is 6.14. The van der Waals surface area contributed by atoms with Crippen LogP contribution in [-0.2, 0) is 0 Å². The molecule has 0 aliphatic rings. The molecular weight excluding hydrogens is 188 g/mol. The van der Waals surface area contributed by atoms with E-state index in [1.807, 2.05) is 0 Å². The Morgan fingerprint density at radius 1 is 1.33 bits per heavy atom. The van der Waals surface area contributed by atoms with Crippen LogP contribution < -0.4 is 0 Å². The van der Waals surface area contributed by atoms with Crippen LogP contribution in [0.1, 0.15) is 16.5 Å². The molecule has 1 aromatic carbocycles. The average molecular weight is 201 g/mol. The molecule has 0 saturated carbocycles. The van der Waals surface area contributed by atoms with E-state index < -0.39 is 0 Å². The molecular formula is C10H13ClS. The van der Waals surface area contributed by atoms with Gasteiger partial charge in [0.05, 0.1) is 5.38 Å². The minimum Gasteiger partial charge on any atom is -0.164 e. The third-order valence-electron chi connectivity index (χ3n) is 1.75.